The van der Waals surface area contributed by atoms with Gasteiger partial charge in [0.15, 0.2) is 0 Å². The van der Waals surface area contributed by atoms with Crippen molar-refractivity contribution in [3.8, 4) is 0 Å². The molecule has 0 aromatic heterocycles. The van der Waals surface area contributed by atoms with Gasteiger partial charge in [-0.15, -0.1) is 0 Å². The van der Waals surface area contributed by atoms with Gasteiger partial charge in [-0.3, -0.25) is 9.59 Å². The van der Waals surface area contributed by atoms with Crippen LogP contribution in [0.2, 0.25) is 0 Å². The fourth-order valence-corrected chi connectivity index (χ4v) is 0.816. The Morgan fingerprint density at radius 1 is 1.43 bits per heavy atom. The van der Waals surface area contributed by atoms with Crippen molar-refractivity contribution in [1.82, 2.24) is 5.32 Å². The minimum Gasteiger partial charge on any atom is -0.480 e. The molecule has 0 aromatic carbocycles. The average Bonchev–Trinajstić information content (AvgIpc) is 2.10. The Morgan fingerprint density at radius 3 is 2.43 bits per heavy atom. The fraction of sp³-hybridized carbons (Fsp3) is 0.778. The normalized spacial score (nSPS) is 12.6. The molecule has 0 heterocycles. The molecule has 0 saturated carbocycles. The second-order valence-electron chi connectivity index (χ2n) is 3.68. The number of aliphatic carboxylic acids is 1. The van der Waals surface area contributed by atoms with Crippen molar-refractivity contribution < 1.29 is 14.7 Å². The minimum absolute atomic E-state index is 0.143. The number of nitrogens with one attached hydrogen (secondary N) is 1. The number of amides is 1. The van der Waals surface area contributed by atoms with Crippen LogP contribution in [0, 0.1) is 5.92 Å². The number of carboxylic acid groups (broad SMARTS) is 1. The number of nitrogens with two attached hydrogens (primary N) is 1. The lowest BCUT2D eigenvalue weighted by molar-refractivity contribution is -0.138. The van der Waals surface area contributed by atoms with E-state index in [1.165, 1.54) is 0 Å². The maximum atomic E-state index is 11.1. The van der Waals surface area contributed by atoms with Gasteiger partial charge in [0.25, 0.3) is 0 Å². The molecule has 14 heavy (non-hydrogen) atoms. The summed E-state index contributed by atoms with van der Waals surface area (Å²) in [7, 11) is 0. The van der Waals surface area contributed by atoms with Gasteiger partial charge in [0, 0.05) is 13.0 Å². The van der Waals surface area contributed by atoms with Crippen LogP contribution in [0.25, 0.3) is 0 Å². The van der Waals surface area contributed by atoms with Crippen molar-refractivity contribution in [2.75, 3.05) is 6.54 Å². The molecule has 5 nitrogen and oxygen atoms in total. The Labute approximate surface area is 83.7 Å². The van der Waals surface area contributed by atoms with Gasteiger partial charge in [0.2, 0.25) is 5.91 Å². The van der Waals surface area contributed by atoms with Crippen LogP contribution < -0.4 is 11.1 Å². The highest BCUT2D eigenvalue weighted by Crippen LogP contribution is 1.95. The summed E-state index contributed by atoms with van der Waals surface area (Å²) in [6, 6.07) is -0.945. The molecule has 0 bridgehead atoms. The monoisotopic (exact) mass is 202 g/mol. The maximum Gasteiger partial charge on any atom is 0.320 e. The van der Waals surface area contributed by atoms with Crippen LogP contribution >= 0.6 is 0 Å². The Morgan fingerprint density at radius 2 is 2.00 bits per heavy atom. The Bertz CT molecular complexity index is 204. The van der Waals surface area contributed by atoms with Crippen LogP contribution in [0.1, 0.15) is 26.7 Å². The van der Waals surface area contributed by atoms with Gasteiger partial charge in [0.1, 0.15) is 6.04 Å². The topological polar surface area (TPSA) is 92.4 Å². The van der Waals surface area contributed by atoms with E-state index in [4.69, 9.17) is 10.8 Å². The highest BCUT2D eigenvalue weighted by atomic mass is 16.4. The van der Waals surface area contributed by atoms with Crippen molar-refractivity contribution in [2.24, 2.45) is 11.7 Å². The summed E-state index contributed by atoms with van der Waals surface area (Å²) in [6.07, 6.45) is 0.347. The molecule has 0 rings (SSSR count). The molecule has 1 amide bonds. The Balaban J connectivity index is 3.59. The predicted molar refractivity (Wildman–Crippen MR) is 52.7 cm³/mol. The summed E-state index contributed by atoms with van der Waals surface area (Å²) in [5, 5.41) is 11.1. The molecule has 0 aliphatic heterocycles. The molecular weight excluding hydrogens is 184 g/mol. The summed E-state index contributed by atoms with van der Waals surface area (Å²) in [5.41, 5.74) is 5.24. The van der Waals surface area contributed by atoms with E-state index in [2.05, 4.69) is 5.32 Å². The zero-order valence-corrected chi connectivity index (χ0v) is 8.62. The van der Waals surface area contributed by atoms with Crippen molar-refractivity contribution in [3.05, 3.63) is 0 Å². The molecule has 0 saturated heterocycles. The van der Waals surface area contributed by atoms with Crippen molar-refractivity contribution in [2.45, 2.75) is 32.7 Å². The maximum absolute atomic E-state index is 11.1. The van der Waals surface area contributed by atoms with Gasteiger partial charge in [-0.1, -0.05) is 13.8 Å². The zero-order chi connectivity index (χ0) is 11.1. The highest BCUT2D eigenvalue weighted by Gasteiger charge is 2.13. The van der Waals surface area contributed by atoms with Crippen molar-refractivity contribution >= 4 is 11.9 Å². The van der Waals surface area contributed by atoms with Crippen LogP contribution in [-0.2, 0) is 9.59 Å². The first-order valence-corrected chi connectivity index (χ1v) is 4.68. The van der Waals surface area contributed by atoms with Crippen LogP contribution in [0.4, 0.5) is 0 Å². The van der Waals surface area contributed by atoms with Crippen LogP contribution in [0.15, 0.2) is 0 Å². The van der Waals surface area contributed by atoms with E-state index in [0.717, 1.165) is 0 Å². The summed E-state index contributed by atoms with van der Waals surface area (Å²) in [6.45, 7) is 4.59. The molecular formula is C9H18N2O3. The van der Waals surface area contributed by atoms with Gasteiger partial charge in [-0.05, 0) is 12.3 Å². The van der Waals surface area contributed by atoms with E-state index in [-0.39, 0.29) is 18.7 Å². The molecule has 4 N–H and O–H groups in total. The van der Waals surface area contributed by atoms with Crippen LogP contribution in [-0.4, -0.2) is 29.6 Å². The third-order valence-corrected chi connectivity index (χ3v) is 1.71. The fourth-order valence-electron chi connectivity index (χ4n) is 0.816. The molecule has 0 spiro atoms. The molecule has 0 unspecified atom stereocenters. The van der Waals surface area contributed by atoms with E-state index in [0.29, 0.717) is 12.5 Å². The number of carbonyl (C=O) groups is 2. The van der Waals surface area contributed by atoms with Crippen molar-refractivity contribution in [3.63, 3.8) is 0 Å². The minimum atomic E-state index is -1.07. The standard InChI is InChI=1S/C9H18N2O3/c1-6(2)5-11-8(12)4-3-7(10)9(13)14/h6-7H,3-5,10H2,1-2H3,(H,11,12)(H,13,14)/t7-/m0/s1. The number of rotatable bonds is 6. The summed E-state index contributed by atoms with van der Waals surface area (Å²) in [5.74, 6) is -0.816. The van der Waals surface area contributed by atoms with E-state index in [1.807, 2.05) is 13.8 Å². The number of hydrogen-bond donors (Lipinski definition) is 3. The lowest BCUT2D eigenvalue weighted by atomic mass is 10.1. The molecule has 0 radical (unpaired) electrons. The first-order valence-electron chi connectivity index (χ1n) is 4.68. The van der Waals surface area contributed by atoms with Gasteiger partial charge in [-0.25, -0.2) is 0 Å². The quantitative estimate of drug-likeness (QED) is 0.563. The van der Waals surface area contributed by atoms with E-state index in [9.17, 15) is 9.59 Å². The van der Waals surface area contributed by atoms with E-state index >= 15 is 0 Å². The highest BCUT2D eigenvalue weighted by molar-refractivity contribution is 5.78. The molecule has 5 heteroatoms. The summed E-state index contributed by atoms with van der Waals surface area (Å²) < 4.78 is 0. The number of hydrogen-bond acceptors (Lipinski definition) is 3. The molecule has 0 aliphatic carbocycles. The van der Waals surface area contributed by atoms with Gasteiger partial charge in [0.05, 0.1) is 0 Å². The number of carboxylic acids is 1. The van der Waals surface area contributed by atoms with E-state index < -0.39 is 12.0 Å². The number of carbonyl (C=O) groups excluding carboxylic acids is 1. The second kappa shape index (κ2) is 6.37. The van der Waals surface area contributed by atoms with Crippen LogP contribution in [0.3, 0.4) is 0 Å². The zero-order valence-electron chi connectivity index (χ0n) is 8.62. The Hall–Kier alpha value is -1.10. The first kappa shape index (κ1) is 12.9. The van der Waals surface area contributed by atoms with Gasteiger partial charge < -0.3 is 16.2 Å². The van der Waals surface area contributed by atoms with Crippen molar-refractivity contribution in [1.29, 1.82) is 0 Å². The third-order valence-electron chi connectivity index (χ3n) is 1.71. The lowest BCUT2D eigenvalue weighted by Crippen LogP contribution is -2.33. The average molecular weight is 202 g/mol. The largest absolute Gasteiger partial charge is 0.480 e. The molecule has 0 aliphatic rings. The third kappa shape index (κ3) is 6.42. The summed E-state index contributed by atoms with van der Waals surface area (Å²) in [4.78, 5) is 21.4. The Kier molecular flexibility index (Phi) is 5.87. The van der Waals surface area contributed by atoms with E-state index in [1.54, 1.807) is 0 Å². The van der Waals surface area contributed by atoms with Gasteiger partial charge >= 0.3 is 5.97 Å². The molecule has 0 aromatic rings. The lowest BCUT2D eigenvalue weighted by Gasteiger charge is -2.08. The summed E-state index contributed by atoms with van der Waals surface area (Å²) >= 11 is 0. The second-order valence-corrected chi connectivity index (χ2v) is 3.68. The SMILES string of the molecule is CC(C)CNC(=O)CC[C@H](N)C(=O)O. The predicted octanol–water partition coefficient (Wildman–Crippen LogP) is -0.0493. The molecule has 1 atom stereocenters. The molecule has 82 valence electrons. The van der Waals surface area contributed by atoms with Gasteiger partial charge in [-0.2, -0.15) is 0 Å². The van der Waals surface area contributed by atoms with Crippen LogP contribution in [0.5, 0.6) is 0 Å². The molecule has 0 fully saturated rings. The first-order chi connectivity index (χ1) is 6.43. The smallest absolute Gasteiger partial charge is 0.320 e.